The molecule has 1 aromatic carbocycles. The van der Waals surface area contributed by atoms with Crippen LogP contribution in [0.15, 0.2) is 4.99 Å². The Hall–Kier alpha value is -3.18. The molecule has 0 aliphatic carbocycles. The molecule has 9 nitrogen and oxygen atoms in total. The van der Waals surface area contributed by atoms with E-state index in [-0.39, 0.29) is 11.9 Å². The van der Waals surface area contributed by atoms with Crippen LogP contribution in [0.2, 0.25) is 0 Å². The summed E-state index contributed by atoms with van der Waals surface area (Å²) in [5.41, 5.74) is 13.1. The zero-order chi connectivity index (χ0) is 24.9. The van der Waals surface area contributed by atoms with Crippen LogP contribution in [0.1, 0.15) is 42.0 Å². The zero-order valence-electron chi connectivity index (χ0n) is 18.4. The number of phenols is 1. The van der Waals surface area contributed by atoms with Crippen molar-refractivity contribution in [2.45, 2.75) is 58.7 Å². The Morgan fingerprint density at radius 3 is 2.25 bits per heavy atom. The first kappa shape index (κ1) is 26.9. The van der Waals surface area contributed by atoms with Gasteiger partial charge in [0.15, 0.2) is 11.6 Å². The first-order chi connectivity index (χ1) is 14.6. The number of amides is 1. The van der Waals surface area contributed by atoms with Gasteiger partial charge >= 0.3 is 12.1 Å². The molecule has 0 aromatic heterocycles. The minimum atomic E-state index is -5.08. The predicted octanol–water partition coefficient (Wildman–Crippen LogP) is 1.81. The fraction of sp³-hybridized carbons (Fsp3) is 0.550. The number of phenolic OH excluding ortho intramolecular Hbond substituents is 1. The van der Waals surface area contributed by atoms with E-state index < -0.39 is 17.7 Å². The van der Waals surface area contributed by atoms with Crippen LogP contribution in [0.3, 0.4) is 0 Å². The third kappa shape index (κ3) is 6.66. The summed E-state index contributed by atoms with van der Waals surface area (Å²) in [7, 11) is 0. The number of hydrogen-bond donors (Lipinski definition) is 5. The van der Waals surface area contributed by atoms with Gasteiger partial charge in [0.2, 0.25) is 0 Å². The summed E-state index contributed by atoms with van der Waals surface area (Å²) >= 11 is 0. The van der Waals surface area contributed by atoms with Crippen LogP contribution >= 0.6 is 0 Å². The maximum absolute atomic E-state index is 12.6. The normalized spacial score (nSPS) is 17.2. The third-order valence-electron chi connectivity index (χ3n) is 5.16. The summed E-state index contributed by atoms with van der Waals surface area (Å²) < 4.78 is 37.9. The number of halogens is 3. The summed E-state index contributed by atoms with van der Waals surface area (Å²) in [6, 6.07) is 0. The number of carboxylic acid groups (broad SMARTS) is 1. The number of benzene rings is 1. The van der Waals surface area contributed by atoms with E-state index in [4.69, 9.17) is 26.1 Å². The van der Waals surface area contributed by atoms with Crippen LogP contribution in [-0.4, -0.2) is 52.9 Å². The van der Waals surface area contributed by atoms with Gasteiger partial charge in [-0.05, 0) is 57.2 Å². The number of carbonyl (C=O) groups is 2. The van der Waals surface area contributed by atoms with Crippen molar-refractivity contribution < 1.29 is 37.7 Å². The number of aromatic hydroxyl groups is 1. The number of nitrogens with two attached hydrogens (primary N) is 2. The quantitative estimate of drug-likeness (QED) is 0.253. The highest BCUT2D eigenvalue weighted by Gasteiger charge is 2.40. The summed E-state index contributed by atoms with van der Waals surface area (Å²) in [5.74, 6) is -1.82. The van der Waals surface area contributed by atoms with Crippen molar-refractivity contribution in [3.05, 3.63) is 22.3 Å². The molecule has 2 rings (SSSR count). The number of hydrogen-bond acceptors (Lipinski definition) is 5. The number of aliphatic imine (C=N–C) groups is 1. The number of ether oxygens (including phenoxy) is 1. The van der Waals surface area contributed by atoms with Crippen molar-refractivity contribution >= 4 is 17.8 Å². The Kier molecular flexibility index (Phi) is 8.75. The smallest absolute Gasteiger partial charge is 0.490 e. The van der Waals surface area contributed by atoms with Gasteiger partial charge in [0, 0.05) is 25.1 Å². The molecule has 0 spiro atoms. The number of guanidine groups is 1. The lowest BCUT2D eigenvalue weighted by atomic mass is 9.86. The molecule has 7 N–H and O–H groups in total. The van der Waals surface area contributed by atoms with Crippen LogP contribution in [-0.2, 0) is 16.0 Å². The lowest BCUT2D eigenvalue weighted by Crippen LogP contribution is -2.51. The fourth-order valence-electron chi connectivity index (χ4n) is 3.08. The first-order valence-electron chi connectivity index (χ1n) is 9.76. The lowest BCUT2D eigenvalue weighted by Gasteiger charge is -2.36. The number of fused-ring (bicyclic) bond motifs is 1. The number of rotatable bonds is 5. The molecular weight excluding hydrogens is 433 g/mol. The van der Waals surface area contributed by atoms with Crippen LogP contribution in [0.4, 0.5) is 13.2 Å². The summed E-state index contributed by atoms with van der Waals surface area (Å²) in [6.07, 6.45) is -3.18. The molecule has 0 fully saturated rings. The van der Waals surface area contributed by atoms with Crippen LogP contribution in [0, 0.1) is 20.8 Å². The Bertz CT molecular complexity index is 898. The van der Waals surface area contributed by atoms with Crippen molar-refractivity contribution in [1.29, 1.82) is 0 Å². The zero-order valence-corrected chi connectivity index (χ0v) is 18.4. The molecule has 12 heteroatoms. The SMILES string of the molecule is Cc1c(C)c2c(c(C)c1O)CCC(C)(C(=O)NCCCN=C(N)N)O2.O=C(O)C(F)(F)F. The van der Waals surface area contributed by atoms with E-state index in [0.29, 0.717) is 38.1 Å². The molecule has 1 unspecified atom stereocenters. The van der Waals surface area contributed by atoms with E-state index in [1.54, 1.807) is 6.92 Å². The Labute approximate surface area is 183 Å². The second kappa shape index (κ2) is 10.4. The molecule has 1 amide bonds. The monoisotopic (exact) mass is 462 g/mol. The van der Waals surface area contributed by atoms with Gasteiger partial charge < -0.3 is 31.7 Å². The summed E-state index contributed by atoms with van der Waals surface area (Å²) in [6.45, 7) is 8.41. The second-order valence-corrected chi connectivity index (χ2v) is 7.58. The third-order valence-corrected chi connectivity index (χ3v) is 5.16. The molecule has 1 aliphatic heterocycles. The van der Waals surface area contributed by atoms with E-state index in [1.165, 1.54) is 0 Å². The van der Waals surface area contributed by atoms with Gasteiger partial charge in [-0.1, -0.05) is 0 Å². The predicted molar refractivity (Wildman–Crippen MR) is 112 cm³/mol. The van der Waals surface area contributed by atoms with E-state index in [1.807, 2.05) is 20.8 Å². The van der Waals surface area contributed by atoms with Crippen LogP contribution < -0.4 is 21.5 Å². The Morgan fingerprint density at radius 2 is 1.75 bits per heavy atom. The molecular formula is C20H29F3N4O5. The highest BCUT2D eigenvalue weighted by Crippen LogP contribution is 2.43. The summed E-state index contributed by atoms with van der Waals surface area (Å²) in [5, 5.41) is 20.2. The second-order valence-electron chi connectivity index (χ2n) is 7.58. The molecule has 0 bridgehead atoms. The number of carbonyl (C=O) groups excluding carboxylic acids is 1. The van der Waals surface area contributed by atoms with Crippen molar-refractivity contribution in [3.8, 4) is 11.5 Å². The van der Waals surface area contributed by atoms with E-state index in [9.17, 15) is 23.1 Å². The summed E-state index contributed by atoms with van der Waals surface area (Å²) in [4.78, 5) is 25.4. The van der Waals surface area contributed by atoms with Crippen molar-refractivity contribution in [2.24, 2.45) is 16.5 Å². The van der Waals surface area contributed by atoms with E-state index in [2.05, 4.69) is 10.3 Å². The van der Waals surface area contributed by atoms with E-state index in [0.717, 1.165) is 28.0 Å². The number of nitrogens with zero attached hydrogens (tertiary/aromatic N) is 1. The van der Waals surface area contributed by atoms with Crippen LogP contribution in [0.25, 0.3) is 0 Å². The number of nitrogens with one attached hydrogen (secondary N) is 1. The van der Waals surface area contributed by atoms with Gasteiger partial charge in [-0.25, -0.2) is 4.79 Å². The van der Waals surface area contributed by atoms with Crippen molar-refractivity contribution in [3.63, 3.8) is 0 Å². The van der Waals surface area contributed by atoms with Gasteiger partial charge in [-0.2, -0.15) is 13.2 Å². The molecule has 1 heterocycles. The molecule has 180 valence electrons. The highest BCUT2D eigenvalue weighted by molar-refractivity contribution is 5.85. The largest absolute Gasteiger partial charge is 0.507 e. The number of alkyl halides is 3. The minimum absolute atomic E-state index is 0.0509. The maximum atomic E-state index is 12.6. The fourth-order valence-corrected chi connectivity index (χ4v) is 3.08. The van der Waals surface area contributed by atoms with Crippen molar-refractivity contribution in [2.75, 3.05) is 13.1 Å². The molecule has 0 saturated heterocycles. The van der Waals surface area contributed by atoms with Gasteiger partial charge in [0.1, 0.15) is 11.5 Å². The van der Waals surface area contributed by atoms with Gasteiger partial charge in [0.25, 0.3) is 5.91 Å². The average Bonchev–Trinajstić information content (AvgIpc) is 2.69. The van der Waals surface area contributed by atoms with Crippen molar-refractivity contribution in [1.82, 2.24) is 5.32 Å². The van der Waals surface area contributed by atoms with Gasteiger partial charge in [-0.3, -0.25) is 9.79 Å². The molecule has 0 saturated carbocycles. The molecule has 0 radical (unpaired) electrons. The van der Waals surface area contributed by atoms with Gasteiger partial charge in [0.05, 0.1) is 0 Å². The Morgan fingerprint density at radius 1 is 1.19 bits per heavy atom. The topological polar surface area (TPSA) is 160 Å². The molecule has 32 heavy (non-hydrogen) atoms. The maximum Gasteiger partial charge on any atom is 0.490 e. The number of aliphatic carboxylic acids is 1. The molecule has 1 aliphatic rings. The molecule has 1 aromatic rings. The van der Waals surface area contributed by atoms with Gasteiger partial charge in [-0.15, -0.1) is 0 Å². The molecule has 1 atom stereocenters. The minimum Gasteiger partial charge on any atom is -0.507 e. The standard InChI is InChI=1S/C18H28N4O3.C2HF3O2/c1-10-11(2)15-13(12(3)14(10)23)6-7-18(4,25-15)16(24)21-8-5-9-22-17(19)20;3-2(4,5)1(6)7/h23H,5-9H2,1-4H3,(H,21,24)(H4,19,20,22);(H,6,7). The van der Waals surface area contributed by atoms with Crippen LogP contribution in [0.5, 0.6) is 11.5 Å². The number of carboxylic acids is 1. The lowest BCUT2D eigenvalue weighted by molar-refractivity contribution is -0.192. The van der Waals surface area contributed by atoms with E-state index >= 15 is 0 Å². The average molecular weight is 462 g/mol. The first-order valence-corrected chi connectivity index (χ1v) is 9.76. The highest BCUT2D eigenvalue weighted by atomic mass is 19.4. The Balaban J connectivity index is 0.000000633.